The molecule has 0 aliphatic carbocycles. The summed E-state index contributed by atoms with van der Waals surface area (Å²) in [4.78, 5) is 56.1. The highest BCUT2D eigenvalue weighted by Gasteiger charge is 2.21. The summed E-state index contributed by atoms with van der Waals surface area (Å²) in [6.07, 6.45) is 2.61. The van der Waals surface area contributed by atoms with Gasteiger partial charge in [0.1, 0.15) is 11.5 Å². The average molecular weight is 1650 g/mol. The number of rotatable bonds is 66. The van der Waals surface area contributed by atoms with E-state index < -0.39 is 84.5 Å². The number of nitrogens with zero attached hydrogens (tertiary/aromatic N) is 3. The molecule has 41 heteroatoms. The van der Waals surface area contributed by atoms with E-state index in [1.54, 1.807) is 4.90 Å². The van der Waals surface area contributed by atoms with Crippen molar-refractivity contribution >= 4 is 67.7 Å². The zero-order valence-corrected chi connectivity index (χ0v) is 64.9. The van der Waals surface area contributed by atoms with E-state index in [2.05, 4.69) is 19.4 Å². The Labute approximate surface area is 654 Å². The zero-order valence-electron chi connectivity index (χ0n) is 63.3. The van der Waals surface area contributed by atoms with Crippen molar-refractivity contribution in [3.8, 4) is 23.0 Å². The molecule has 35 nitrogen and oxygen atoms in total. The summed E-state index contributed by atoms with van der Waals surface area (Å²) in [5, 5.41) is 0. The Bertz CT molecular complexity index is 3570. The van der Waals surface area contributed by atoms with Gasteiger partial charge in [0.2, 0.25) is 31.9 Å². The minimum absolute atomic E-state index is 0.000414. The van der Waals surface area contributed by atoms with Gasteiger partial charge in [-0.25, -0.2) is 43.8 Å². The molecule has 4 rings (SSSR count). The Hall–Kier alpha value is -8.28. The maximum Gasteiger partial charge on any atom is 0.275 e. The molecule has 12 N–H and O–H groups in total. The fraction of sp³-hybridized carbons (Fsp3) is 0.528. The average Bonchev–Trinajstić information content (AvgIpc) is 0.768. The number of hydrogen-bond donors (Lipinski definition) is 7. The first-order chi connectivity index (χ1) is 54.3. The van der Waals surface area contributed by atoms with Crippen molar-refractivity contribution in [2.24, 2.45) is 38.7 Å². The van der Waals surface area contributed by atoms with Gasteiger partial charge >= 0.3 is 0 Å². The van der Waals surface area contributed by atoms with Gasteiger partial charge < -0.3 is 114 Å². The number of halogens is 4. The predicted octanol–water partition coefficient (Wildman–Crippen LogP) is 2.83. The second-order valence-corrected chi connectivity index (χ2v) is 27.0. The van der Waals surface area contributed by atoms with Gasteiger partial charge in [-0.15, -0.1) is 0 Å². The van der Waals surface area contributed by atoms with Crippen LogP contribution in [0.1, 0.15) is 37.8 Å². The Balaban J connectivity index is 1.07. The number of primary amides is 1. The lowest BCUT2D eigenvalue weighted by Gasteiger charge is -2.23. The molecule has 0 saturated carbocycles. The molecule has 0 saturated heterocycles. The highest BCUT2D eigenvalue weighted by Crippen LogP contribution is 2.32. The third kappa shape index (κ3) is 44.3. The number of nitrogens with two attached hydrogens (primary N) is 5. The van der Waals surface area contributed by atoms with E-state index in [4.69, 9.17) is 109 Å². The number of benzene rings is 4. The van der Waals surface area contributed by atoms with Crippen LogP contribution in [0.3, 0.4) is 0 Å². The summed E-state index contributed by atoms with van der Waals surface area (Å²) in [6, 6.07) is 13.4. The largest absolute Gasteiger partial charge is 0.451 e. The van der Waals surface area contributed by atoms with Crippen molar-refractivity contribution in [2.45, 2.75) is 36.5 Å². The van der Waals surface area contributed by atoms with Gasteiger partial charge in [0.15, 0.2) is 46.7 Å². The smallest absolute Gasteiger partial charge is 0.275 e. The molecule has 4 aromatic rings. The molecule has 632 valence electrons. The van der Waals surface area contributed by atoms with Crippen LogP contribution in [0.15, 0.2) is 104 Å². The van der Waals surface area contributed by atoms with Crippen LogP contribution in [0.5, 0.6) is 23.0 Å². The Morgan fingerprint density at radius 2 is 0.619 bits per heavy atom. The van der Waals surface area contributed by atoms with Crippen LogP contribution >= 0.6 is 0 Å². The number of sulfonamides is 2. The molecule has 0 heterocycles. The van der Waals surface area contributed by atoms with Crippen molar-refractivity contribution in [2.75, 3.05) is 224 Å². The van der Waals surface area contributed by atoms with E-state index in [0.717, 1.165) is 24.3 Å². The maximum absolute atomic E-state index is 14.9. The zero-order chi connectivity index (χ0) is 82.3. The molecule has 0 aromatic heterocycles. The lowest BCUT2D eigenvalue weighted by molar-refractivity contribution is -0.134. The van der Waals surface area contributed by atoms with E-state index in [0.29, 0.717) is 92.5 Å². The fourth-order valence-electron chi connectivity index (χ4n) is 8.97. The summed E-state index contributed by atoms with van der Waals surface area (Å²) in [6.45, 7) is 11.0. The maximum atomic E-state index is 14.9. The fourth-order valence-corrected chi connectivity index (χ4v) is 11.0. The number of guanidine groups is 2. The molecule has 0 spiro atoms. The summed E-state index contributed by atoms with van der Waals surface area (Å²) in [5.74, 6) is -9.18. The number of carbonyl (C=O) groups excluding carboxylic acids is 4. The first kappa shape index (κ1) is 97.1. The monoisotopic (exact) mass is 1650 g/mol. The molecule has 4 amide bonds. The van der Waals surface area contributed by atoms with Crippen molar-refractivity contribution in [3.63, 3.8) is 0 Å². The minimum atomic E-state index is -4.02. The lowest BCUT2D eigenvalue weighted by atomic mass is 10.1. The first-order valence-corrected chi connectivity index (χ1v) is 38.7. The van der Waals surface area contributed by atoms with Gasteiger partial charge in [0.05, 0.1) is 214 Å². The Morgan fingerprint density at radius 3 is 0.885 bits per heavy atom. The third-order valence-corrected chi connectivity index (χ3v) is 17.5. The van der Waals surface area contributed by atoms with Crippen molar-refractivity contribution in [1.82, 2.24) is 14.3 Å². The van der Waals surface area contributed by atoms with Crippen molar-refractivity contribution in [3.05, 3.63) is 118 Å². The molecular formula is C72H104F4N10O25S2. The number of carbonyl (C=O) groups is 4. The predicted molar refractivity (Wildman–Crippen MR) is 402 cm³/mol. The molecule has 0 atom stereocenters. The number of amides is 4. The topological polar surface area (TPSA) is 476 Å². The standard InChI is InChI=1S/C72H104F4N10O25S2/c1-53(69(89)84-71(78)79)47-55-49-61(73)67(62(74)50-55)110-57-3-7-59(8-4-57)112(91,92)82-13-19-97-25-31-103-33-27-99-21-15-86(66(88)12-18-96-24-30-102-36-38-106-40-42-108-44-46-109-45-43-107-41-39-105-37-35-101-29-23-95-17-11-65(77)87)16-22-100-28-34-104-32-26-98-20-14-83-113(93,94)60-9-5-58(6-10-60)111-68-63(75)51-56(52-64(68)76)48-54(2)70(90)85-72(80)81/h3-10,47-52,82-83H,11-46H2,1-2H3,(H2,77,87)(H4,78,79,84,89)(H4,80,81,85,90)/b53-47+,54-48+. The SMILES string of the molecule is C/C(=C\c1cc(F)c(Oc2ccc(S(=O)(=O)NCCOCCOCCOCCN(CCOCCOCCOCCNS(=O)(=O)c3ccc(Oc4c(F)cc(/C=C(\C)C(=O)N=C(N)N)cc4F)cc3)C(=O)CCOCCOCCOCCOCCOCCOCCOCCOCCOCCC(N)=O)cc2)c(F)c1)C(=O)N=C(N)N. The summed E-state index contributed by atoms with van der Waals surface area (Å²) in [7, 11) is -8.04. The molecule has 0 aliphatic heterocycles. The van der Waals surface area contributed by atoms with Gasteiger partial charge in [-0.1, -0.05) is 0 Å². The van der Waals surface area contributed by atoms with Crippen LogP contribution in [0.2, 0.25) is 0 Å². The van der Waals surface area contributed by atoms with E-state index in [9.17, 15) is 53.6 Å². The van der Waals surface area contributed by atoms with Gasteiger partial charge in [0.25, 0.3) is 11.8 Å². The van der Waals surface area contributed by atoms with Crippen LogP contribution in [-0.4, -0.2) is 282 Å². The number of ether oxygens (including phenoxy) is 17. The summed E-state index contributed by atoms with van der Waals surface area (Å²) < 4.78 is 210. The third-order valence-electron chi connectivity index (χ3n) is 14.5. The van der Waals surface area contributed by atoms with Crippen LogP contribution in [0, 0.1) is 23.3 Å². The van der Waals surface area contributed by atoms with Crippen molar-refractivity contribution in [1.29, 1.82) is 0 Å². The number of hydrogen-bond acceptors (Lipinski definition) is 25. The van der Waals surface area contributed by atoms with E-state index in [1.165, 1.54) is 74.5 Å². The molecule has 0 bridgehead atoms. The minimum Gasteiger partial charge on any atom is -0.451 e. The molecular weight excluding hydrogens is 1540 g/mol. The van der Waals surface area contributed by atoms with Gasteiger partial charge in [-0.3, -0.25) is 19.2 Å². The van der Waals surface area contributed by atoms with E-state index in [-0.39, 0.29) is 194 Å². The number of nitrogens with one attached hydrogen (secondary N) is 2. The molecule has 113 heavy (non-hydrogen) atoms. The molecule has 0 radical (unpaired) electrons. The second kappa shape index (κ2) is 57.7. The lowest BCUT2D eigenvalue weighted by Crippen LogP contribution is -2.37. The molecule has 0 aliphatic rings. The molecule has 4 aromatic carbocycles. The van der Waals surface area contributed by atoms with Crippen LogP contribution < -0.4 is 47.6 Å². The first-order valence-electron chi connectivity index (χ1n) is 35.7. The van der Waals surface area contributed by atoms with Crippen LogP contribution in [0.25, 0.3) is 12.2 Å². The Kier molecular flexibility index (Phi) is 49.6. The Morgan fingerprint density at radius 1 is 0.372 bits per heavy atom. The summed E-state index contributed by atoms with van der Waals surface area (Å²) in [5.41, 5.74) is 25.9. The highest BCUT2D eigenvalue weighted by atomic mass is 32.2. The quantitative estimate of drug-likeness (QED) is 0.0110. The molecule has 0 fully saturated rings. The van der Waals surface area contributed by atoms with Crippen molar-refractivity contribution < 1.29 is 134 Å². The normalized spacial score (nSPS) is 11.9. The second-order valence-electron chi connectivity index (χ2n) is 23.4. The van der Waals surface area contributed by atoms with Gasteiger partial charge in [-0.05, 0) is 110 Å². The number of aliphatic imine (C=N–C) groups is 2. The molecule has 0 unspecified atom stereocenters. The van der Waals surface area contributed by atoms with Crippen LogP contribution in [-0.2, 0) is 110 Å². The van der Waals surface area contributed by atoms with E-state index >= 15 is 0 Å². The van der Waals surface area contributed by atoms with Crippen LogP contribution in [0.4, 0.5) is 17.6 Å². The summed E-state index contributed by atoms with van der Waals surface area (Å²) >= 11 is 0. The van der Waals surface area contributed by atoms with Gasteiger partial charge in [-0.2, -0.15) is 9.98 Å². The van der Waals surface area contributed by atoms with E-state index in [1.807, 2.05) is 0 Å². The highest BCUT2D eigenvalue weighted by molar-refractivity contribution is 7.89. The van der Waals surface area contributed by atoms with Gasteiger partial charge in [0, 0.05) is 43.7 Å².